The van der Waals surface area contributed by atoms with E-state index in [-0.39, 0.29) is 22.5 Å². The summed E-state index contributed by atoms with van der Waals surface area (Å²) in [6, 6.07) is -0.471. The van der Waals surface area contributed by atoms with Crippen LogP contribution in [0.25, 0.3) is 0 Å². The molecule has 0 radical (unpaired) electrons. The van der Waals surface area contributed by atoms with Crippen LogP contribution in [-0.4, -0.2) is 34.8 Å². The average molecular weight is 301 g/mol. The lowest BCUT2D eigenvalue weighted by molar-refractivity contribution is 0.0999. The van der Waals surface area contributed by atoms with E-state index in [1.165, 1.54) is 0 Å². The van der Waals surface area contributed by atoms with Gasteiger partial charge in [-0.15, -0.1) is 0 Å². The summed E-state index contributed by atoms with van der Waals surface area (Å²) in [5.41, 5.74) is 15.1. The van der Waals surface area contributed by atoms with E-state index < -0.39 is 11.9 Å². The highest BCUT2D eigenvalue weighted by Crippen LogP contribution is 2.17. The van der Waals surface area contributed by atoms with Gasteiger partial charge in [0.25, 0.3) is 0 Å². The fraction of sp³-hybridized carbons (Fsp3) is 0.222. The Balaban J connectivity index is 2.63. The van der Waals surface area contributed by atoms with Crippen LogP contribution < -0.4 is 27.6 Å². The summed E-state index contributed by atoms with van der Waals surface area (Å²) < 4.78 is 0. The largest absolute Gasteiger partial charge is 0.382 e. The molecule has 0 unspecified atom stereocenters. The van der Waals surface area contributed by atoms with E-state index in [2.05, 4.69) is 31.1 Å². The maximum Gasteiger partial charge on any atom is 0.333 e. The maximum absolute atomic E-state index is 11.7. The molecule has 11 heteroatoms. The first-order valence-corrected chi connectivity index (χ1v) is 5.78. The third-order valence-corrected chi connectivity index (χ3v) is 2.15. The fourth-order valence-corrected chi connectivity index (χ4v) is 1.18. The zero-order chi connectivity index (χ0) is 15.1. The predicted octanol–water partition coefficient (Wildman–Crippen LogP) is -0.713. The summed E-state index contributed by atoms with van der Waals surface area (Å²) in [5.74, 6) is -1.06. The number of aromatic nitrogens is 2. The van der Waals surface area contributed by atoms with Gasteiger partial charge in [-0.1, -0.05) is 11.6 Å². The number of halogens is 1. The first-order valence-electron chi connectivity index (χ1n) is 5.40. The normalized spacial score (nSPS) is 10.3. The number of aliphatic imine (C=N–C) groups is 1. The van der Waals surface area contributed by atoms with Gasteiger partial charge in [-0.25, -0.2) is 14.8 Å². The topological polar surface area (TPSA) is 160 Å². The number of urea groups is 1. The second-order valence-corrected chi connectivity index (χ2v) is 3.68. The van der Waals surface area contributed by atoms with E-state index >= 15 is 0 Å². The summed E-state index contributed by atoms with van der Waals surface area (Å²) in [7, 11) is 0. The number of hydrogen-bond acceptors (Lipinski definition) is 6. The summed E-state index contributed by atoms with van der Waals surface area (Å²) in [4.78, 5) is 33.4. The number of carbonyl (C=O) groups excluding carboxylic acids is 2. The first kappa shape index (κ1) is 15.4. The number of nitrogen functional groups attached to an aromatic ring is 2. The average Bonchev–Trinajstić information content (AvgIpc) is 2.39. The van der Waals surface area contributed by atoms with Gasteiger partial charge >= 0.3 is 11.9 Å². The van der Waals surface area contributed by atoms with Crippen LogP contribution in [0.3, 0.4) is 0 Å². The highest BCUT2D eigenvalue weighted by molar-refractivity contribution is 6.31. The minimum absolute atomic E-state index is 0.0827. The van der Waals surface area contributed by atoms with E-state index in [0.29, 0.717) is 6.54 Å². The van der Waals surface area contributed by atoms with E-state index in [9.17, 15) is 9.59 Å². The lowest BCUT2D eigenvalue weighted by atomic mass is 10.4. The molecule has 0 fully saturated rings. The fourth-order valence-electron chi connectivity index (χ4n) is 1.05. The number of amides is 3. The monoisotopic (exact) mass is 300 g/mol. The standard InChI is InChI=1S/C9H13ClN8O2/c1-2-13-9(20)18-15-3-14-8(19)4-6(11)17-7(12)5(10)16-4/h3H,2H2,1H3,(H4,11,12,17)(H2,13,18,20)(H,14,15,19). The number of nitrogens with two attached hydrogens (primary N) is 2. The van der Waals surface area contributed by atoms with Crippen LogP contribution in [0.5, 0.6) is 0 Å². The van der Waals surface area contributed by atoms with Crippen LogP contribution in [0.15, 0.2) is 4.99 Å². The predicted molar refractivity (Wildman–Crippen MR) is 74.0 cm³/mol. The molecule has 1 heterocycles. The summed E-state index contributed by atoms with van der Waals surface area (Å²) in [5, 5.41) is 2.31. The van der Waals surface area contributed by atoms with Gasteiger partial charge in [-0.2, -0.15) is 4.99 Å². The Labute approximate surface area is 119 Å². The zero-order valence-electron chi connectivity index (χ0n) is 10.5. The van der Waals surface area contributed by atoms with Gasteiger partial charge in [-0.3, -0.25) is 15.6 Å². The number of rotatable bonds is 4. The smallest absolute Gasteiger partial charge is 0.333 e. The van der Waals surface area contributed by atoms with Crippen molar-refractivity contribution in [3.63, 3.8) is 0 Å². The Bertz CT molecular complexity index is 547. The van der Waals surface area contributed by atoms with Crippen LogP contribution >= 0.6 is 11.6 Å². The number of carbonyl (C=O) groups is 2. The summed E-state index contributed by atoms with van der Waals surface area (Å²) in [6.45, 7) is 2.21. The van der Waals surface area contributed by atoms with E-state index in [0.717, 1.165) is 6.34 Å². The Kier molecular flexibility index (Phi) is 5.47. The van der Waals surface area contributed by atoms with Crippen LogP contribution in [0, 0.1) is 0 Å². The molecule has 0 aliphatic carbocycles. The van der Waals surface area contributed by atoms with Gasteiger partial charge in [0, 0.05) is 6.54 Å². The molecule has 1 rings (SSSR count). The molecule has 0 atom stereocenters. The van der Waals surface area contributed by atoms with Crippen molar-refractivity contribution in [2.75, 3.05) is 18.0 Å². The Morgan fingerprint density at radius 3 is 2.70 bits per heavy atom. The van der Waals surface area contributed by atoms with Crippen molar-refractivity contribution < 1.29 is 9.59 Å². The van der Waals surface area contributed by atoms with Gasteiger partial charge in [0.2, 0.25) is 0 Å². The molecule has 0 spiro atoms. The van der Waals surface area contributed by atoms with E-state index in [1.807, 2.05) is 0 Å². The molecule has 0 aromatic carbocycles. The molecule has 0 aliphatic heterocycles. The molecule has 108 valence electrons. The molecule has 7 N–H and O–H groups in total. The molecule has 1 aromatic heterocycles. The second-order valence-electron chi connectivity index (χ2n) is 3.33. The summed E-state index contributed by atoms with van der Waals surface area (Å²) in [6.07, 6.45) is 0.961. The Morgan fingerprint density at radius 2 is 2.05 bits per heavy atom. The minimum Gasteiger partial charge on any atom is -0.382 e. The SMILES string of the molecule is CCNC(=O)NNC=NC(=O)c1nc(Cl)c(N)nc1N. The van der Waals surface area contributed by atoms with Crippen LogP contribution in [-0.2, 0) is 0 Å². The minimum atomic E-state index is -0.790. The molecule has 20 heavy (non-hydrogen) atoms. The number of hydrogen-bond donors (Lipinski definition) is 5. The molecular formula is C9H13ClN8O2. The van der Waals surface area contributed by atoms with Gasteiger partial charge < -0.3 is 16.8 Å². The van der Waals surface area contributed by atoms with Gasteiger partial charge in [0.1, 0.15) is 6.34 Å². The first-order chi connectivity index (χ1) is 9.45. The molecular weight excluding hydrogens is 288 g/mol. The molecule has 3 amide bonds. The van der Waals surface area contributed by atoms with Crippen molar-refractivity contribution in [1.82, 2.24) is 26.1 Å². The van der Waals surface area contributed by atoms with E-state index in [4.69, 9.17) is 23.1 Å². The molecule has 0 bridgehead atoms. The Morgan fingerprint density at radius 1 is 1.35 bits per heavy atom. The quantitative estimate of drug-likeness (QED) is 0.279. The number of hydrazine groups is 1. The molecule has 0 aliphatic rings. The van der Waals surface area contributed by atoms with Crippen molar-refractivity contribution in [2.45, 2.75) is 6.92 Å². The zero-order valence-corrected chi connectivity index (χ0v) is 11.2. The lowest BCUT2D eigenvalue weighted by Crippen LogP contribution is -2.43. The molecule has 0 saturated heterocycles. The maximum atomic E-state index is 11.7. The third kappa shape index (κ3) is 4.24. The van der Waals surface area contributed by atoms with E-state index in [1.54, 1.807) is 6.92 Å². The van der Waals surface area contributed by atoms with Crippen LogP contribution in [0.2, 0.25) is 5.15 Å². The van der Waals surface area contributed by atoms with Crippen molar-refractivity contribution >= 4 is 41.5 Å². The van der Waals surface area contributed by atoms with Crippen LogP contribution in [0.4, 0.5) is 16.4 Å². The van der Waals surface area contributed by atoms with Crippen LogP contribution in [0.1, 0.15) is 17.4 Å². The van der Waals surface area contributed by atoms with Gasteiger partial charge in [-0.05, 0) is 6.92 Å². The highest BCUT2D eigenvalue weighted by Gasteiger charge is 2.14. The van der Waals surface area contributed by atoms with Crippen molar-refractivity contribution in [3.8, 4) is 0 Å². The number of anilines is 2. The van der Waals surface area contributed by atoms with Gasteiger partial charge in [0.15, 0.2) is 22.5 Å². The van der Waals surface area contributed by atoms with Crippen molar-refractivity contribution in [2.24, 2.45) is 4.99 Å². The van der Waals surface area contributed by atoms with Crippen molar-refractivity contribution in [1.29, 1.82) is 0 Å². The number of nitrogens with one attached hydrogen (secondary N) is 3. The summed E-state index contributed by atoms with van der Waals surface area (Å²) >= 11 is 5.63. The highest BCUT2D eigenvalue weighted by atomic mass is 35.5. The molecule has 1 aromatic rings. The lowest BCUT2D eigenvalue weighted by Gasteiger charge is -2.04. The molecule has 0 saturated carbocycles. The second kappa shape index (κ2) is 7.09. The van der Waals surface area contributed by atoms with Crippen molar-refractivity contribution in [3.05, 3.63) is 10.8 Å². The third-order valence-electron chi connectivity index (χ3n) is 1.88. The molecule has 10 nitrogen and oxygen atoms in total. The van der Waals surface area contributed by atoms with Gasteiger partial charge in [0.05, 0.1) is 0 Å². The Hall–Kier alpha value is -2.62. The number of nitrogens with zero attached hydrogens (tertiary/aromatic N) is 3.